The molecule has 2 aromatic rings. The Morgan fingerprint density at radius 3 is 2.21 bits per heavy atom. The Kier molecular flexibility index (Phi) is 4.34. The van der Waals surface area contributed by atoms with E-state index in [1.54, 1.807) is 0 Å². The largest absolute Gasteiger partial charge is 0.481 e. The maximum atomic E-state index is 12.4. The summed E-state index contributed by atoms with van der Waals surface area (Å²) >= 11 is 0. The first-order valence-electron chi connectivity index (χ1n) is 10.4. The standard InChI is InChI=1S/C24H25NO4/c26-22(27)21-12-15(24(21)10-5-11-24)13-25-23(28)29-14-20-18-8-3-1-6-16(18)17-7-2-4-9-19(17)20/h1-4,6-9,15,20-21H,5,10-14H2,(H,25,28)(H,26,27). The Morgan fingerprint density at radius 1 is 1.03 bits per heavy atom. The minimum atomic E-state index is -0.693. The topological polar surface area (TPSA) is 75.6 Å². The van der Waals surface area contributed by atoms with Gasteiger partial charge in [0.1, 0.15) is 6.61 Å². The third-order valence-electron chi connectivity index (χ3n) is 7.45. The molecule has 3 aliphatic carbocycles. The monoisotopic (exact) mass is 391 g/mol. The van der Waals surface area contributed by atoms with Crippen LogP contribution in [0.2, 0.25) is 0 Å². The highest BCUT2D eigenvalue weighted by Gasteiger charge is 2.60. The van der Waals surface area contributed by atoms with E-state index in [0.29, 0.717) is 19.6 Å². The summed E-state index contributed by atoms with van der Waals surface area (Å²) in [6, 6.07) is 16.5. The number of hydrogen-bond acceptors (Lipinski definition) is 3. The van der Waals surface area contributed by atoms with E-state index in [2.05, 4.69) is 29.6 Å². The number of nitrogens with one attached hydrogen (secondary N) is 1. The molecular weight excluding hydrogens is 366 g/mol. The van der Waals surface area contributed by atoms with Gasteiger partial charge in [-0.15, -0.1) is 0 Å². The Bertz CT molecular complexity index is 919. The second-order valence-corrected chi connectivity index (χ2v) is 8.62. The summed E-state index contributed by atoms with van der Waals surface area (Å²) in [5.41, 5.74) is 4.70. The van der Waals surface area contributed by atoms with E-state index in [1.807, 2.05) is 24.3 Å². The van der Waals surface area contributed by atoms with Crippen molar-refractivity contribution >= 4 is 12.1 Å². The Morgan fingerprint density at radius 2 is 1.66 bits per heavy atom. The quantitative estimate of drug-likeness (QED) is 0.791. The molecule has 2 unspecified atom stereocenters. The van der Waals surface area contributed by atoms with Crippen molar-refractivity contribution in [1.29, 1.82) is 0 Å². The second kappa shape index (κ2) is 6.90. The molecule has 0 aliphatic heterocycles. The Balaban J connectivity index is 1.20. The van der Waals surface area contributed by atoms with Crippen LogP contribution in [0.15, 0.2) is 48.5 Å². The maximum Gasteiger partial charge on any atom is 0.407 e. The average Bonchev–Trinajstić information content (AvgIpc) is 2.98. The number of carboxylic acid groups (broad SMARTS) is 1. The Hall–Kier alpha value is -2.82. The molecule has 1 amide bonds. The van der Waals surface area contributed by atoms with E-state index in [9.17, 15) is 14.7 Å². The SMILES string of the molecule is O=C(NCC1CC(C(=O)O)C12CCC2)OCC1c2ccccc2-c2ccccc21. The molecule has 3 aliphatic rings. The number of carbonyl (C=O) groups is 2. The van der Waals surface area contributed by atoms with Gasteiger partial charge in [-0.25, -0.2) is 4.79 Å². The van der Waals surface area contributed by atoms with Crippen LogP contribution < -0.4 is 5.32 Å². The van der Waals surface area contributed by atoms with Crippen molar-refractivity contribution in [2.24, 2.45) is 17.3 Å². The van der Waals surface area contributed by atoms with Gasteiger partial charge < -0.3 is 15.2 Å². The van der Waals surface area contributed by atoms with Gasteiger partial charge in [-0.1, -0.05) is 55.0 Å². The van der Waals surface area contributed by atoms with Gasteiger partial charge >= 0.3 is 12.1 Å². The van der Waals surface area contributed by atoms with E-state index in [0.717, 1.165) is 19.3 Å². The first-order valence-corrected chi connectivity index (χ1v) is 10.4. The number of ether oxygens (including phenoxy) is 1. The third kappa shape index (κ3) is 2.83. The zero-order valence-corrected chi connectivity index (χ0v) is 16.3. The molecule has 0 saturated heterocycles. The van der Waals surface area contributed by atoms with Gasteiger partial charge in [0.05, 0.1) is 5.92 Å². The number of benzene rings is 2. The zero-order chi connectivity index (χ0) is 20.0. The number of alkyl carbamates (subject to hydrolysis) is 1. The van der Waals surface area contributed by atoms with Crippen molar-refractivity contribution in [2.75, 3.05) is 13.2 Å². The van der Waals surface area contributed by atoms with E-state index in [-0.39, 0.29) is 23.2 Å². The maximum absolute atomic E-state index is 12.4. The summed E-state index contributed by atoms with van der Waals surface area (Å²) in [6.45, 7) is 0.799. The Labute approximate surface area is 170 Å². The number of carboxylic acids is 1. The van der Waals surface area contributed by atoms with E-state index in [1.165, 1.54) is 22.3 Å². The zero-order valence-electron chi connectivity index (χ0n) is 16.3. The summed E-state index contributed by atoms with van der Waals surface area (Å²) in [5, 5.41) is 12.3. The molecule has 5 nitrogen and oxygen atoms in total. The average molecular weight is 391 g/mol. The summed E-state index contributed by atoms with van der Waals surface area (Å²) in [5.74, 6) is -0.642. The molecule has 29 heavy (non-hydrogen) atoms. The van der Waals surface area contributed by atoms with E-state index in [4.69, 9.17) is 4.74 Å². The number of amides is 1. The van der Waals surface area contributed by atoms with Crippen molar-refractivity contribution in [3.05, 3.63) is 59.7 Å². The lowest BCUT2D eigenvalue weighted by Crippen LogP contribution is -2.59. The van der Waals surface area contributed by atoms with Crippen LogP contribution >= 0.6 is 0 Å². The van der Waals surface area contributed by atoms with Crippen molar-refractivity contribution in [2.45, 2.75) is 31.6 Å². The normalized spacial score (nSPS) is 23.4. The summed E-state index contributed by atoms with van der Waals surface area (Å²) in [4.78, 5) is 23.8. The first kappa shape index (κ1) is 18.2. The molecule has 2 aromatic carbocycles. The number of carbonyl (C=O) groups excluding carboxylic acids is 1. The van der Waals surface area contributed by atoms with Crippen molar-refractivity contribution in [3.8, 4) is 11.1 Å². The van der Waals surface area contributed by atoms with Crippen LogP contribution in [-0.4, -0.2) is 30.3 Å². The number of fused-ring (bicyclic) bond motifs is 3. The summed E-state index contributed by atoms with van der Waals surface area (Å²) in [6.07, 6.45) is 3.24. The minimum Gasteiger partial charge on any atom is -0.481 e. The smallest absolute Gasteiger partial charge is 0.407 e. The molecule has 0 aromatic heterocycles. The number of rotatable bonds is 5. The highest BCUT2D eigenvalue weighted by atomic mass is 16.5. The van der Waals surface area contributed by atoms with Gasteiger partial charge in [0.15, 0.2) is 0 Å². The predicted molar refractivity (Wildman–Crippen MR) is 109 cm³/mol. The van der Waals surface area contributed by atoms with Gasteiger partial charge in [0.25, 0.3) is 0 Å². The van der Waals surface area contributed by atoms with Crippen molar-refractivity contribution in [3.63, 3.8) is 0 Å². The molecular formula is C24H25NO4. The predicted octanol–water partition coefficient (Wildman–Crippen LogP) is 4.42. The van der Waals surface area contributed by atoms with Gasteiger partial charge in [0.2, 0.25) is 0 Å². The highest BCUT2D eigenvalue weighted by molar-refractivity contribution is 5.79. The molecule has 5 heteroatoms. The van der Waals surface area contributed by atoms with E-state index < -0.39 is 12.1 Å². The van der Waals surface area contributed by atoms with Crippen molar-refractivity contribution in [1.82, 2.24) is 5.32 Å². The highest BCUT2D eigenvalue weighted by Crippen LogP contribution is 2.63. The fourth-order valence-electron chi connectivity index (χ4n) is 5.71. The van der Waals surface area contributed by atoms with Crippen LogP contribution in [0.3, 0.4) is 0 Å². The lowest BCUT2D eigenvalue weighted by Gasteiger charge is -2.60. The molecule has 150 valence electrons. The molecule has 2 saturated carbocycles. The molecule has 5 rings (SSSR count). The first-order chi connectivity index (χ1) is 14.1. The molecule has 1 spiro atoms. The molecule has 0 heterocycles. The lowest BCUT2D eigenvalue weighted by atomic mass is 9.44. The molecule has 0 bridgehead atoms. The van der Waals surface area contributed by atoms with Crippen LogP contribution in [0.4, 0.5) is 4.79 Å². The molecule has 2 atom stereocenters. The third-order valence-corrected chi connectivity index (χ3v) is 7.45. The number of aliphatic carboxylic acids is 1. The van der Waals surface area contributed by atoms with Gasteiger partial charge in [-0.05, 0) is 52.8 Å². The van der Waals surface area contributed by atoms with Crippen molar-refractivity contribution < 1.29 is 19.4 Å². The minimum absolute atomic E-state index is 0.0474. The van der Waals surface area contributed by atoms with Crippen LogP contribution in [0.1, 0.15) is 42.7 Å². The van der Waals surface area contributed by atoms with Gasteiger partial charge in [0, 0.05) is 12.5 Å². The molecule has 2 fully saturated rings. The second-order valence-electron chi connectivity index (χ2n) is 8.62. The van der Waals surface area contributed by atoms with Gasteiger partial charge in [-0.2, -0.15) is 0 Å². The van der Waals surface area contributed by atoms with Crippen LogP contribution in [0.25, 0.3) is 11.1 Å². The van der Waals surface area contributed by atoms with Crippen LogP contribution in [-0.2, 0) is 9.53 Å². The summed E-state index contributed by atoms with van der Waals surface area (Å²) < 4.78 is 5.59. The molecule has 0 radical (unpaired) electrons. The van der Waals surface area contributed by atoms with Gasteiger partial charge in [-0.3, -0.25) is 4.79 Å². The van der Waals surface area contributed by atoms with Crippen LogP contribution in [0.5, 0.6) is 0 Å². The van der Waals surface area contributed by atoms with Crippen LogP contribution in [0, 0.1) is 17.3 Å². The lowest BCUT2D eigenvalue weighted by molar-refractivity contribution is -0.175. The summed E-state index contributed by atoms with van der Waals surface area (Å²) in [7, 11) is 0. The fourth-order valence-corrected chi connectivity index (χ4v) is 5.71. The fraction of sp³-hybridized carbons (Fsp3) is 0.417. The van der Waals surface area contributed by atoms with E-state index >= 15 is 0 Å². The number of hydrogen-bond donors (Lipinski definition) is 2. The molecule has 2 N–H and O–H groups in total.